The number of pyridine rings is 2. The first-order valence-corrected chi connectivity index (χ1v) is 10.7. The second-order valence-corrected chi connectivity index (χ2v) is 7.78. The average Bonchev–Trinajstić information content (AvgIpc) is 3.25. The lowest BCUT2D eigenvalue weighted by molar-refractivity contribution is 0.669. The summed E-state index contributed by atoms with van der Waals surface area (Å²) < 4.78 is 6.26. The molecule has 34 heavy (non-hydrogen) atoms. The highest BCUT2D eigenvalue weighted by atomic mass is 16.3. The third-order valence-corrected chi connectivity index (χ3v) is 5.60. The van der Waals surface area contributed by atoms with Gasteiger partial charge >= 0.3 is 0 Å². The topological polar surface area (TPSA) is 86.5 Å². The fourth-order valence-electron chi connectivity index (χ4n) is 3.98. The Bertz CT molecular complexity index is 1690. The molecule has 0 aliphatic rings. The lowest BCUT2D eigenvalue weighted by atomic mass is 9.96. The third-order valence-electron chi connectivity index (χ3n) is 5.60. The van der Waals surface area contributed by atoms with Crippen LogP contribution in [0.25, 0.3) is 50.3 Å². The Morgan fingerprint density at radius 2 is 1.44 bits per heavy atom. The maximum Gasteiger partial charge on any atom is 0.136 e. The number of hydrogen-bond acceptors (Lipinski definition) is 5. The van der Waals surface area contributed by atoms with E-state index in [1.54, 1.807) is 24.8 Å². The molecule has 0 amide bonds. The molecule has 5 rings (SSSR count). The van der Waals surface area contributed by atoms with Gasteiger partial charge in [0.25, 0.3) is 0 Å². The summed E-state index contributed by atoms with van der Waals surface area (Å²) in [5, 5.41) is 20.5. The van der Waals surface area contributed by atoms with Crippen molar-refractivity contribution in [2.45, 2.75) is 6.92 Å². The Morgan fingerprint density at radius 3 is 2.18 bits per heavy atom. The summed E-state index contributed by atoms with van der Waals surface area (Å²) >= 11 is 0. The maximum absolute atomic E-state index is 9.32. The molecule has 3 heterocycles. The highest BCUT2D eigenvalue weighted by molar-refractivity contribution is 6.08. The van der Waals surface area contributed by atoms with Gasteiger partial charge in [0, 0.05) is 46.7 Å². The lowest BCUT2D eigenvalue weighted by Gasteiger charge is -2.07. The zero-order valence-electron chi connectivity index (χ0n) is 18.4. The van der Waals surface area contributed by atoms with Crippen molar-refractivity contribution >= 4 is 28.0 Å². The van der Waals surface area contributed by atoms with Crippen molar-refractivity contribution in [2.24, 2.45) is 0 Å². The fourth-order valence-corrected chi connectivity index (χ4v) is 3.98. The van der Waals surface area contributed by atoms with E-state index >= 15 is 0 Å². The van der Waals surface area contributed by atoms with Gasteiger partial charge in [-0.2, -0.15) is 10.5 Å². The van der Waals surface area contributed by atoms with Gasteiger partial charge in [-0.05, 0) is 60.0 Å². The second kappa shape index (κ2) is 8.86. The Labute approximate surface area is 196 Å². The van der Waals surface area contributed by atoms with Gasteiger partial charge in [0.15, 0.2) is 0 Å². The summed E-state index contributed by atoms with van der Waals surface area (Å²) in [5.74, 6) is 0. The van der Waals surface area contributed by atoms with Gasteiger partial charge in [-0.1, -0.05) is 30.4 Å². The molecule has 5 nitrogen and oxygen atoms in total. The molecule has 3 aromatic heterocycles. The normalized spacial score (nSPS) is 11.4. The minimum atomic E-state index is 0.503. The monoisotopic (exact) mass is 438 g/mol. The number of nitrogens with zero attached hydrogens (tertiary/aromatic N) is 4. The Kier molecular flexibility index (Phi) is 5.44. The Hall–Kier alpha value is -5.00. The van der Waals surface area contributed by atoms with E-state index in [9.17, 15) is 10.5 Å². The van der Waals surface area contributed by atoms with Crippen molar-refractivity contribution < 1.29 is 4.42 Å². The molecular weight excluding hydrogens is 420 g/mol. The summed E-state index contributed by atoms with van der Waals surface area (Å²) in [7, 11) is 0. The zero-order valence-corrected chi connectivity index (χ0v) is 18.4. The molecule has 160 valence electrons. The highest BCUT2D eigenvalue weighted by Gasteiger charge is 2.14. The number of furan rings is 1. The second-order valence-electron chi connectivity index (χ2n) is 7.78. The number of fused-ring (bicyclic) bond motifs is 3. The molecule has 0 atom stereocenters. The quantitative estimate of drug-likeness (QED) is 0.281. The standard InChI is InChI=1S/C29H18N4O/c1-2-3-4-5-22-10-27-25-7-6-21(23-8-19(13-30)15-32-17-23)11-28(25)34-29(27)12-26(22)24-9-20(14-31)16-33-18-24/h2-12,15-18H,1H3/b3-2-,5-4-. The first kappa shape index (κ1) is 20.9. The van der Waals surface area contributed by atoms with E-state index in [4.69, 9.17) is 4.42 Å². The van der Waals surface area contributed by atoms with Crippen molar-refractivity contribution in [1.29, 1.82) is 10.5 Å². The predicted octanol–water partition coefficient (Wildman–Crippen LogP) is 7.04. The summed E-state index contributed by atoms with van der Waals surface area (Å²) in [4.78, 5) is 8.40. The molecule has 0 N–H and O–H groups in total. The first-order valence-electron chi connectivity index (χ1n) is 10.7. The number of hydrogen-bond donors (Lipinski definition) is 0. The van der Waals surface area contributed by atoms with E-state index in [1.807, 2.05) is 67.6 Å². The first-order chi connectivity index (χ1) is 16.7. The van der Waals surface area contributed by atoms with Crippen molar-refractivity contribution in [2.75, 3.05) is 0 Å². The van der Waals surface area contributed by atoms with E-state index in [2.05, 4.69) is 28.2 Å². The van der Waals surface area contributed by atoms with Crippen molar-refractivity contribution in [1.82, 2.24) is 9.97 Å². The molecule has 5 heteroatoms. The van der Waals surface area contributed by atoms with Gasteiger partial charge in [-0.25, -0.2) is 0 Å². The molecule has 2 aromatic carbocycles. The molecule has 0 saturated carbocycles. The third kappa shape index (κ3) is 3.83. The molecule has 5 aromatic rings. The number of benzene rings is 2. The van der Waals surface area contributed by atoms with Crippen LogP contribution in [0.15, 0.2) is 89.9 Å². The highest BCUT2D eigenvalue weighted by Crippen LogP contribution is 2.37. The average molecular weight is 438 g/mol. The minimum Gasteiger partial charge on any atom is -0.456 e. The SMILES string of the molecule is C/C=C\C=C/c1cc2c(cc1-c1cncc(C#N)c1)oc1cc(-c3cncc(C#N)c3)ccc12. The Morgan fingerprint density at radius 1 is 0.735 bits per heavy atom. The van der Waals surface area contributed by atoms with Crippen LogP contribution in [0, 0.1) is 22.7 Å². The van der Waals surface area contributed by atoms with Gasteiger partial charge in [-0.15, -0.1) is 0 Å². The molecule has 0 fully saturated rings. The largest absolute Gasteiger partial charge is 0.456 e. The fraction of sp³-hybridized carbons (Fsp3) is 0.0345. The summed E-state index contributed by atoms with van der Waals surface area (Å²) in [6.07, 6.45) is 14.6. The molecule has 0 radical (unpaired) electrons. The molecule has 0 aliphatic heterocycles. The Balaban J connectivity index is 1.71. The van der Waals surface area contributed by atoms with Gasteiger partial charge in [0.2, 0.25) is 0 Å². The van der Waals surface area contributed by atoms with Crippen molar-refractivity contribution in [3.05, 3.63) is 102 Å². The van der Waals surface area contributed by atoms with Crippen molar-refractivity contribution in [3.8, 4) is 34.4 Å². The van der Waals surface area contributed by atoms with Crippen LogP contribution in [-0.2, 0) is 0 Å². The van der Waals surface area contributed by atoms with Crippen LogP contribution in [-0.4, -0.2) is 9.97 Å². The van der Waals surface area contributed by atoms with E-state index in [0.717, 1.165) is 49.8 Å². The van der Waals surface area contributed by atoms with Gasteiger partial charge in [0.05, 0.1) is 11.1 Å². The predicted molar refractivity (Wildman–Crippen MR) is 133 cm³/mol. The molecule has 0 spiro atoms. The summed E-state index contributed by atoms with van der Waals surface area (Å²) in [6.45, 7) is 1.97. The zero-order chi connectivity index (χ0) is 23.5. The molecule has 0 bridgehead atoms. The smallest absolute Gasteiger partial charge is 0.136 e. The molecule has 0 saturated heterocycles. The number of rotatable bonds is 4. The van der Waals surface area contributed by atoms with Crippen LogP contribution in [0.3, 0.4) is 0 Å². The maximum atomic E-state index is 9.32. The van der Waals surface area contributed by atoms with Gasteiger partial charge in [0.1, 0.15) is 23.3 Å². The van der Waals surface area contributed by atoms with Crippen LogP contribution in [0.5, 0.6) is 0 Å². The van der Waals surface area contributed by atoms with Gasteiger partial charge < -0.3 is 4.42 Å². The minimum absolute atomic E-state index is 0.503. The van der Waals surface area contributed by atoms with E-state index in [-0.39, 0.29) is 0 Å². The van der Waals surface area contributed by atoms with Crippen LogP contribution >= 0.6 is 0 Å². The lowest BCUT2D eigenvalue weighted by Crippen LogP contribution is -1.87. The molecule has 0 unspecified atom stereocenters. The van der Waals surface area contributed by atoms with E-state index in [1.165, 1.54) is 0 Å². The number of allylic oxidation sites excluding steroid dienone is 3. The molecule has 0 aliphatic carbocycles. The van der Waals surface area contributed by atoms with E-state index < -0.39 is 0 Å². The van der Waals surface area contributed by atoms with E-state index in [0.29, 0.717) is 11.1 Å². The van der Waals surface area contributed by atoms with Crippen molar-refractivity contribution in [3.63, 3.8) is 0 Å². The summed E-state index contributed by atoms with van der Waals surface area (Å²) in [6, 6.07) is 18.1. The van der Waals surface area contributed by atoms with Crippen LogP contribution in [0.2, 0.25) is 0 Å². The summed E-state index contributed by atoms with van der Waals surface area (Å²) in [5.41, 5.74) is 7.08. The number of aromatic nitrogens is 2. The van der Waals surface area contributed by atoms with Gasteiger partial charge in [-0.3, -0.25) is 9.97 Å². The van der Waals surface area contributed by atoms with Crippen LogP contribution in [0.4, 0.5) is 0 Å². The number of nitriles is 2. The molecular formula is C29H18N4O. The van der Waals surface area contributed by atoms with Crippen LogP contribution in [0.1, 0.15) is 23.6 Å². The van der Waals surface area contributed by atoms with Crippen LogP contribution < -0.4 is 0 Å².